The lowest BCUT2D eigenvalue weighted by molar-refractivity contribution is -0.141. The number of thiazole rings is 1. The lowest BCUT2D eigenvalue weighted by atomic mass is 10.1. The summed E-state index contributed by atoms with van der Waals surface area (Å²) in [6, 6.07) is 5.63. The molecule has 3 aromatic rings. The van der Waals surface area contributed by atoms with Gasteiger partial charge in [0, 0.05) is 28.4 Å². The van der Waals surface area contributed by atoms with Crippen LogP contribution < -0.4 is 0 Å². The van der Waals surface area contributed by atoms with Gasteiger partial charge in [-0.25, -0.2) is 4.98 Å². The topological polar surface area (TPSA) is 25.8 Å². The van der Waals surface area contributed by atoms with Crippen LogP contribution in [-0.4, -0.2) is 15.7 Å². The van der Waals surface area contributed by atoms with Crippen molar-refractivity contribution in [2.24, 2.45) is 0 Å². The average Bonchev–Trinajstić information content (AvgIpc) is 3.10. The highest BCUT2D eigenvalue weighted by atomic mass is 32.2. The summed E-state index contributed by atoms with van der Waals surface area (Å²) in [7, 11) is 0. The Morgan fingerprint density at radius 1 is 0.929 bits per heavy atom. The number of hydrogen-bond donors (Lipinski definition) is 0. The van der Waals surface area contributed by atoms with Gasteiger partial charge in [0.05, 0.1) is 10.4 Å². The molecule has 2 aromatic heterocycles. The fourth-order valence-electron chi connectivity index (χ4n) is 2.39. The third-order valence-electron chi connectivity index (χ3n) is 3.68. The quantitative estimate of drug-likeness (QED) is 0.326. The van der Waals surface area contributed by atoms with E-state index in [9.17, 15) is 26.3 Å². The van der Waals surface area contributed by atoms with E-state index in [4.69, 9.17) is 0 Å². The molecular weight excluding hydrogens is 422 g/mol. The summed E-state index contributed by atoms with van der Waals surface area (Å²) < 4.78 is 76.8. The summed E-state index contributed by atoms with van der Waals surface area (Å²) in [5.41, 5.74) is -0.731. The molecule has 0 spiro atoms. The zero-order chi connectivity index (χ0) is 20.5. The Labute approximate surface area is 164 Å². The van der Waals surface area contributed by atoms with E-state index in [0.29, 0.717) is 31.7 Å². The van der Waals surface area contributed by atoms with E-state index in [0.717, 1.165) is 24.4 Å². The minimum atomic E-state index is -4.52. The molecule has 0 radical (unpaired) electrons. The monoisotopic (exact) mass is 434 g/mol. The van der Waals surface area contributed by atoms with Crippen molar-refractivity contribution in [2.45, 2.75) is 24.2 Å². The second-order valence-corrected chi connectivity index (χ2v) is 7.94. The highest BCUT2D eigenvalue weighted by Crippen LogP contribution is 2.40. The standard InChI is InChI=1S/C18H12F6N2S2/c1-2-27-13-7-11(17(19,20)21)4-5-12(13)16-26-9-14(28-16)10-3-6-15(25-8-10)18(22,23)24/h3-9H,2H2,1H3. The van der Waals surface area contributed by atoms with Crippen LogP contribution in [0.4, 0.5) is 26.3 Å². The van der Waals surface area contributed by atoms with E-state index < -0.39 is 23.6 Å². The van der Waals surface area contributed by atoms with Crippen molar-refractivity contribution in [2.75, 3.05) is 5.75 Å². The molecule has 0 amide bonds. The van der Waals surface area contributed by atoms with Gasteiger partial charge in [-0.15, -0.1) is 23.1 Å². The number of rotatable bonds is 4. The lowest BCUT2D eigenvalue weighted by Crippen LogP contribution is -2.07. The highest BCUT2D eigenvalue weighted by molar-refractivity contribution is 7.99. The Morgan fingerprint density at radius 3 is 2.25 bits per heavy atom. The van der Waals surface area contributed by atoms with Crippen LogP contribution in [0.15, 0.2) is 47.6 Å². The lowest BCUT2D eigenvalue weighted by Gasteiger charge is -2.11. The van der Waals surface area contributed by atoms with Gasteiger partial charge in [0.25, 0.3) is 0 Å². The molecule has 0 saturated heterocycles. The van der Waals surface area contributed by atoms with Crippen LogP contribution in [0.5, 0.6) is 0 Å². The summed E-state index contributed by atoms with van der Waals surface area (Å²) >= 11 is 2.44. The van der Waals surface area contributed by atoms with Gasteiger partial charge in [0.15, 0.2) is 0 Å². The number of alkyl halides is 6. The Balaban J connectivity index is 1.95. The molecule has 28 heavy (non-hydrogen) atoms. The van der Waals surface area contributed by atoms with Crippen molar-refractivity contribution in [1.29, 1.82) is 0 Å². The molecule has 0 atom stereocenters. The normalized spacial score (nSPS) is 12.4. The van der Waals surface area contributed by atoms with Crippen LogP contribution >= 0.6 is 23.1 Å². The maximum Gasteiger partial charge on any atom is 0.433 e. The molecule has 0 aliphatic heterocycles. The van der Waals surface area contributed by atoms with Gasteiger partial charge in [-0.2, -0.15) is 26.3 Å². The smallest absolute Gasteiger partial charge is 0.251 e. The minimum Gasteiger partial charge on any atom is -0.251 e. The van der Waals surface area contributed by atoms with E-state index in [1.807, 2.05) is 6.92 Å². The molecule has 0 N–H and O–H groups in total. The number of halogens is 6. The number of benzene rings is 1. The highest BCUT2D eigenvalue weighted by Gasteiger charge is 2.32. The van der Waals surface area contributed by atoms with E-state index in [1.54, 1.807) is 0 Å². The summed E-state index contributed by atoms with van der Waals surface area (Å²) in [6.07, 6.45) is -6.39. The van der Waals surface area contributed by atoms with Gasteiger partial charge in [-0.05, 0) is 30.0 Å². The van der Waals surface area contributed by atoms with Crippen molar-refractivity contribution < 1.29 is 26.3 Å². The predicted molar refractivity (Wildman–Crippen MR) is 97.2 cm³/mol. The van der Waals surface area contributed by atoms with E-state index in [-0.39, 0.29) is 0 Å². The molecule has 0 saturated carbocycles. The second kappa shape index (κ2) is 7.75. The maximum absolute atomic E-state index is 13.0. The molecule has 1 aromatic carbocycles. The molecule has 0 unspecified atom stereocenters. The molecule has 0 aliphatic rings. The molecular formula is C18H12F6N2S2. The Kier molecular flexibility index (Phi) is 5.72. The van der Waals surface area contributed by atoms with Crippen LogP contribution in [-0.2, 0) is 12.4 Å². The fourth-order valence-corrected chi connectivity index (χ4v) is 4.24. The average molecular weight is 434 g/mol. The van der Waals surface area contributed by atoms with Crippen LogP contribution in [0, 0.1) is 0 Å². The largest absolute Gasteiger partial charge is 0.433 e. The maximum atomic E-state index is 13.0. The van der Waals surface area contributed by atoms with Gasteiger partial charge < -0.3 is 0 Å². The molecule has 3 rings (SSSR count). The molecule has 0 aliphatic carbocycles. The predicted octanol–water partition coefficient (Wildman–Crippen LogP) is 7.02. The second-order valence-electron chi connectivity index (χ2n) is 5.60. The van der Waals surface area contributed by atoms with E-state index in [2.05, 4.69) is 9.97 Å². The van der Waals surface area contributed by atoms with Crippen LogP contribution in [0.2, 0.25) is 0 Å². The Bertz CT molecular complexity index is 961. The first kappa shape index (κ1) is 20.7. The summed E-state index contributed by atoms with van der Waals surface area (Å²) in [5.74, 6) is 0.579. The molecule has 0 fully saturated rings. The Morgan fingerprint density at radius 2 is 1.68 bits per heavy atom. The molecule has 2 nitrogen and oxygen atoms in total. The van der Waals surface area contributed by atoms with Crippen LogP contribution in [0.1, 0.15) is 18.2 Å². The van der Waals surface area contributed by atoms with Crippen molar-refractivity contribution in [3.63, 3.8) is 0 Å². The number of aromatic nitrogens is 2. The zero-order valence-electron chi connectivity index (χ0n) is 14.2. The first-order chi connectivity index (χ1) is 13.1. The van der Waals surface area contributed by atoms with Crippen LogP contribution in [0.3, 0.4) is 0 Å². The van der Waals surface area contributed by atoms with Crippen LogP contribution in [0.25, 0.3) is 21.0 Å². The van der Waals surface area contributed by atoms with Gasteiger partial charge >= 0.3 is 12.4 Å². The first-order valence-corrected chi connectivity index (χ1v) is 9.73. The summed E-state index contributed by atoms with van der Waals surface area (Å²) in [5, 5.41) is 0.486. The number of nitrogens with zero attached hydrogens (tertiary/aromatic N) is 2. The fraction of sp³-hybridized carbons (Fsp3) is 0.222. The van der Waals surface area contributed by atoms with Gasteiger partial charge in [-0.1, -0.05) is 13.0 Å². The SMILES string of the molecule is CCSc1cc(C(F)(F)F)ccc1-c1ncc(-c2ccc(C(F)(F)F)nc2)s1. The Hall–Kier alpha value is -2.07. The van der Waals surface area contributed by atoms with Crippen molar-refractivity contribution >= 4 is 23.1 Å². The molecule has 2 heterocycles. The van der Waals surface area contributed by atoms with Gasteiger partial charge in [0.2, 0.25) is 0 Å². The third kappa shape index (κ3) is 4.49. The third-order valence-corrected chi connectivity index (χ3v) is 5.70. The zero-order valence-corrected chi connectivity index (χ0v) is 15.9. The summed E-state index contributed by atoms with van der Waals surface area (Å²) in [6.45, 7) is 1.83. The minimum absolute atomic E-state index is 0.448. The summed E-state index contributed by atoms with van der Waals surface area (Å²) in [4.78, 5) is 8.68. The van der Waals surface area contributed by atoms with E-state index >= 15 is 0 Å². The van der Waals surface area contributed by atoms with Gasteiger partial charge in [-0.3, -0.25) is 4.98 Å². The molecule has 0 bridgehead atoms. The number of hydrogen-bond acceptors (Lipinski definition) is 4. The van der Waals surface area contributed by atoms with Gasteiger partial charge in [0.1, 0.15) is 10.7 Å². The molecule has 10 heteroatoms. The number of thioether (sulfide) groups is 1. The molecule has 148 valence electrons. The first-order valence-electron chi connectivity index (χ1n) is 7.93. The van der Waals surface area contributed by atoms with Crippen molar-refractivity contribution in [3.8, 4) is 21.0 Å². The van der Waals surface area contributed by atoms with E-state index in [1.165, 1.54) is 41.4 Å². The number of pyridine rings is 1. The van der Waals surface area contributed by atoms with Crippen molar-refractivity contribution in [1.82, 2.24) is 9.97 Å². The van der Waals surface area contributed by atoms with Crippen molar-refractivity contribution in [3.05, 3.63) is 54.0 Å².